The molecule has 0 saturated heterocycles. The molecule has 0 bridgehead atoms. The summed E-state index contributed by atoms with van der Waals surface area (Å²) in [5.41, 5.74) is 13.7. The zero-order valence-corrected chi connectivity index (χ0v) is 11.6. The van der Waals surface area contributed by atoms with Gasteiger partial charge in [-0.05, 0) is 54.7 Å². The molecule has 3 rings (SSSR count). The zero-order valence-electron chi connectivity index (χ0n) is 11.6. The Morgan fingerprint density at radius 3 is 2.47 bits per heavy atom. The van der Waals surface area contributed by atoms with Crippen molar-refractivity contribution in [1.29, 1.82) is 0 Å². The van der Waals surface area contributed by atoms with Gasteiger partial charge >= 0.3 is 0 Å². The van der Waals surface area contributed by atoms with Gasteiger partial charge in [-0.3, -0.25) is 0 Å². The van der Waals surface area contributed by atoms with Crippen LogP contribution in [0.25, 0.3) is 0 Å². The van der Waals surface area contributed by atoms with E-state index < -0.39 is 0 Å². The molecule has 0 fully saturated rings. The minimum atomic E-state index is 0.863. The van der Waals surface area contributed by atoms with Gasteiger partial charge in [0.05, 0.1) is 0 Å². The summed E-state index contributed by atoms with van der Waals surface area (Å²) in [6.07, 6.45) is 1.10. The lowest BCUT2D eigenvalue weighted by Crippen LogP contribution is -2.31. The second kappa shape index (κ2) is 4.61. The molecule has 0 unspecified atom stereocenters. The largest absolute Gasteiger partial charge is 0.399 e. The first kappa shape index (κ1) is 12.1. The predicted molar refractivity (Wildman–Crippen MR) is 81.5 cm³/mol. The van der Waals surface area contributed by atoms with Crippen LogP contribution < -0.4 is 10.6 Å². The Balaban J connectivity index is 1.97. The van der Waals surface area contributed by atoms with Gasteiger partial charge in [0.25, 0.3) is 0 Å². The number of hydrogen-bond donors (Lipinski definition) is 1. The molecule has 0 spiro atoms. The van der Waals surface area contributed by atoms with E-state index in [1.54, 1.807) is 0 Å². The fourth-order valence-electron chi connectivity index (χ4n) is 3.07. The summed E-state index contributed by atoms with van der Waals surface area (Å²) >= 11 is 0. The van der Waals surface area contributed by atoms with Crippen molar-refractivity contribution in [2.45, 2.75) is 26.8 Å². The van der Waals surface area contributed by atoms with E-state index in [4.69, 9.17) is 5.73 Å². The van der Waals surface area contributed by atoms with Gasteiger partial charge in [0.15, 0.2) is 0 Å². The van der Waals surface area contributed by atoms with E-state index >= 15 is 0 Å². The van der Waals surface area contributed by atoms with Gasteiger partial charge in [-0.1, -0.05) is 24.3 Å². The van der Waals surface area contributed by atoms with Crippen LogP contribution in [0.3, 0.4) is 0 Å². The molecule has 2 N–H and O–H groups in total. The van der Waals surface area contributed by atoms with Crippen molar-refractivity contribution in [3.63, 3.8) is 0 Å². The highest BCUT2D eigenvalue weighted by atomic mass is 15.1. The summed E-state index contributed by atoms with van der Waals surface area (Å²) in [6.45, 7) is 6.43. The first-order valence-electron chi connectivity index (χ1n) is 6.83. The van der Waals surface area contributed by atoms with Crippen LogP contribution in [0.2, 0.25) is 0 Å². The van der Waals surface area contributed by atoms with Crippen molar-refractivity contribution in [3.8, 4) is 0 Å². The Hall–Kier alpha value is -1.96. The molecule has 2 aromatic rings. The Bertz CT molecular complexity index is 596. The minimum absolute atomic E-state index is 0.863. The lowest BCUT2D eigenvalue weighted by atomic mass is 9.97. The number of hydrogen-bond acceptors (Lipinski definition) is 2. The molecule has 19 heavy (non-hydrogen) atoms. The van der Waals surface area contributed by atoms with Gasteiger partial charge in [0.1, 0.15) is 0 Å². The summed E-state index contributed by atoms with van der Waals surface area (Å²) in [7, 11) is 0. The highest BCUT2D eigenvalue weighted by Gasteiger charge is 2.19. The van der Waals surface area contributed by atoms with Crippen molar-refractivity contribution >= 4 is 11.4 Å². The number of benzene rings is 2. The molecule has 98 valence electrons. The first-order valence-corrected chi connectivity index (χ1v) is 6.83. The average molecular weight is 252 g/mol. The average Bonchev–Trinajstić information content (AvgIpc) is 2.38. The summed E-state index contributed by atoms with van der Waals surface area (Å²) < 4.78 is 0. The summed E-state index contributed by atoms with van der Waals surface area (Å²) in [5.74, 6) is 0. The normalized spacial score (nSPS) is 14.3. The van der Waals surface area contributed by atoms with Crippen LogP contribution in [0.4, 0.5) is 11.4 Å². The zero-order chi connectivity index (χ0) is 13.4. The molecule has 1 aliphatic rings. The van der Waals surface area contributed by atoms with E-state index in [9.17, 15) is 0 Å². The Morgan fingerprint density at radius 2 is 1.74 bits per heavy atom. The molecule has 0 radical (unpaired) electrons. The Kier molecular flexibility index (Phi) is 2.94. The van der Waals surface area contributed by atoms with E-state index in [1.165, 1.54) is 27.9 Å². The quantitative estimate of drug-likeness (QED) is 0.788. The van der Waals surface area contributed by atoms with Crippen LogP contribution in [0.5, 0.6) is 0 Å². The summed E-state index contributed by atoms with van der Waals surface area (Å²) in [6, 6.07) is 12.8. The van der Waals surface area contributed by atoms with Gasteiger partial charge in [-0.15, -0.1) is 0 Å². The fraction of sp³-hybridized carbons (Fsp3) is 0.294. The van der Waals surface area contributed by atoms with Crippen LogP contribution in [0.15, 0.2) is 36.4 Å². The maximum atomic E-state index is 5.91. The monoisotopic (exact) mass is 252 g/mol. The molecule has 0 aromatic heterocycles. The number of rotatable bonds is 1. The highest BCUT2D eigenvalue weighted by Crippen LogP contribution is 2.30. The molecular formula is C17H20N2. The number of nitrogen functional groups attached to an aromatic ring is 1. The molecule has 2 nitrogen and oxygen atoms in total. The van der Waals surface area contributed by atoms with Gasteiger partial charge in [0.2, 0.25) is 0 Å². The second-order valence-electron chi connectivity index (χ2n) is 5.44. The van der Waals surface area contributed by atoms with Crippen LogP contribution in [-0.4, -0.2) is 6.54 Å². The fourth-order valence-corrected chi connectivity index (χ4v) is 3.07. The van der Waals surface area contributed by atoms with Crippen LogP contribution in [0, 0.1) is 13.8 Å². The molecule has 1 heterocycles. The van der Waals surface area contributed by atoms with E-state index in [2.05, 4.69) is 49.1 Å². The van der Waals surface area contributed by atoms with Crippen LogP contribution >= 0.6 is 0 Å². The van der Waals surface area contributed by atoms with Crippen molar-refractivity contribution in [2.75, 3.05) is 17.2 Å². The minimum Gasteiger partial charge on any atom is -0.399 e. The number of nitrogens with two attached hydrogens (primary N) is 1. The van der Waals surface area contributed by atoms with Gasteiger partial charge in [-0.25, -0.2) is 0 Å². The van der Waals surface area contributed by atoms with Crippen molar-refractivity contribution < 1.29 is 0 Å². The van der Waals surface area contributed by atoms with E-state index in [1.807, 2.05) is 6.07 Å². The molecule has 1 aliphatic heterocycles. The van der Waals surface area contributed by atoms with Gasteiger partial charge in [-0.2, -0.15) is 0 Å². The number of aryl methyl sites for hydroxylation is 2. The van der Waals surface area contributed by atoms with Gasteiger partial charge in [0, 0.05) is 24.5 Å². The number of para-hydroxylation sites is 1. The van der Waals surface area contributed by atoms with Crippen molar-refractivity contribution in [2.24, 2.45) is 0 Å². The smallest absolute Gasteiger partial charge is 0.0433 e. The SMILES string of the molecule is Cc1cccc(C)c1N1CCc2ccc(N)cc2C1. The molecular weight excluding hydrogens is 232 g/mol. The first-order chi connectivity index (χ1) is 9.15. The highest BCUT2D eigenvalue weighted by molar-refractivity contribution is 5.61. The summed E-state index contributed by atoms with van der Waals surface area (Å²) in [5, 5.41) is 0. The predicted octanol–water partition coefficient (Wildman–Crippen LogP) is 3.45. The van der Waals surface area contributed by atoms with Crippen LogP contribution in [-0.2, 0) is 13.0 Å². The number of nitrogens with zero attached hydrogens (tertiary/aromatic N) is 1. The molecule has 0 amide bonds. The van der Waals surface area contributed by atoms with Gasteiger partial charge < -0.3 is 10.6 Å². The number of anilines is 2. The molecule has 0 atom stereocenters. The summed E-state index contributed by atoms with van der Waals surface area (Å²) in [4.78, 5) is 2.48. The van der Waals surface area contributed by atoms with E-state index in [0.717, 1.165) is 25.2 Å². The maximum Gasteiger partial charge on any atom is 0.0433 e. The van der Waals surface area contributed by atoms with Crippen LogP contribution in [0.1, 0.15) is 22.3 Å². The Labute approximate surface area is 114 Å². The van der Waals surface area contributed by atoms with Crippen molar-refractivity contribution in [1.82, 2.24) is 0 Å². The molecule has 0 saturated carbocycles. The maximum absolute atomic E-state index is 5.91. The molecule has 0 aliphatic carbocycles. The molecule has 2 heteroatoms. The molecule has 2 aromatic carbocycles. The van der Waals surface area contributed by atoms with E-state index in [0.29, 0.717) is 0 Å². The Morgan fingerprint density at radius 1 is 1.00 bits per heavy atom. The third-order valence-corrected chi connectivity index (χ3v) is 4.00. The standard InChI is InChI=1S/C17H20N2/c1-12-4-3-5-13(2)17(12)19-9-8-14-6-7-16(18)10-15(14)11-19/h3-7,10H,8-9,11,18H2,1-2H3. The van der Waals surface area contributed by atoms with Crippen molar-refractivity contribution in [3.05, 3.63) is 58.7 Å². The lowest BCUT2D eigenvalue weighted by molar-refractivity contribution is 0.727. The lowest BCUT2D eigenvalue weighted by Gasteiger charge is -2.33. The second-order valence-corrected chi connectivity index (χ2v) is 5.44. The van der Waals surface area contributed by atoms with E-state index in [-0.39, 0.29) is 0 Å². The third kappa shape index (κ3) is 2.19. The number of fused-ring (bicyclic) bond motifs is 1. The third-order valence-electron chi connectivity index (χ3n) is 4.00. The topological polar surface area (TPSA) is 29.3 Å².